The molecule has 1 aromatic rings. The van der Waals surface area contributed by atoms with Gasteiger partial charge in [0.05, 0.1) is 5.92 Å². The fourth-order valence-electron chi connectivity index (χ4n) is 1.80. The van der Waals surface area contributed by atoms with Gasteiger partial charge in [0.2, 0.25) is 5.91 Å². The summed E-state index contributed by atoms with van der Waals surface area (Å²) in [4.78, 5) is 24.2. The fourth-order valence-corrected chi connectivity index (χ4v) is 1.80. The number of rotatable bonds is 2. The van der Waals surface area contributed by atoms with Gasteiger partial charge in [0, 0.05) is 13.1 Å². The van der Waals surface area contributed by atoms with Gasteiger partial charge in [-0.3, -0.25) is 10.1 Å². The monoisotopic (exact) mass is 254 g/mol. The summed E-state index contributed by atoms with van der Waals surface area (Å²) in [6, 6.07) is 2.96. The van der Waals surface area contributed by atoms with Gasteiger partial charge < -0.3 is 4.90 Å². The van der Waals surface area contributed by atoms with Crippen LogP contribution < -0.4 is 5.32 Å². The summed E-state index contributed by atoms with van der Waals surface area (Å²) in [5.74, 6) is -2.51. The Hall–Kier alpha value is -1.98. The SMILES string of the molecule is CC1CN(Cc2ccc(F)c(F)c2)C(=O)NC1=O. The minimum absolute atomic E-state index is 0.140. The van der Waals surface area contributed by atoms with Crippen LogP contribution in [0.5, 0.6) is 0 Å². The van der Waals surface area contributed by atoms with E-state index in [9.17, 15) is 18.4 Å². The molecule has 0 aromatic heterocycles. The normalized spacial score (nSPS) is 19.9. The number of carbonyl (C=O) groups is 2. The van der Waals surface area contributed by atoms with Gasteiger partial charge in [-0.05, 0) is 17.7 Å². The summed E-state index contributed by atoms with van der Waals surface area (Å²) in [7, 11) is 0. The van der Waals surface area contributed by atoms with Crippen molar-refractivity contribution in [3.8, 4) is 0 Å². The molecular formula is C12H12F2N2O2. The molecule has 2 rings (SSSR count). The first-order valence-corrected chi connectivity index (χ1v) is 5.51. The lowest BCUT2D eigenvalue weighted by Gasteiger charge is -2.30. The van der Waals surface area contributed by atoms with Crippen molar-refractivity contribution in [2.24, 2.45) is 5.92 Å². The van der Waals surface area contributed by atoms with Crippen LogP contribution >= 0.6 is 0 Å². The molecule has 1 fully saturated rings. The Kier molecular flexibility index (Phi) is 3.27. The molecule has 1 atom stereocenters. The van der Waals surface area contributed by atoms with Crippen LogP contribution in [0.4, 0.5) is 13.6 Å². The number of hydrogen-bond acceptors (Lipinski definition) is 2. The van der Waals surface area contributed by atoms with Gasteiger partial charge >= 0.3 is 6.03 Å². The molecule has 1 aliphatic heterocycles. The van der Waals surface area contributed by atoms with Gasteiger partial charge in [-0.1, -0.05) is 13.0 Å². The Balaban J connectivity index is 2.11. The fraction of sp³-hybridized carbons (Fsp3) is 0.333. The van der Waals surface area contributed by atoms with E-state index >= 15 is 0 Å². The van der Waals surface area contributed by atoms with Crippen LogP contribution in [0.1, 0.15) is 12.5 Å². The summed E-state index contributed by atoms with van der Waals surface area (Å²) >= 11 is 0. The molecular weight excluding hydrogens is 242 g/mol. The van der Waals surface area contributed by atoms with Gasteiger partial charge in [0.25, 0.3) is 0 Å². The maximum absolute atomic E-state index is 13.0. The first-order valence-electron chi connectivity index (χ1n) is 5.51. The number of urea groups is 1. The van der Waals surface area contributed by atoms with Crippen molar-refractivity contribution >= 4 is 11.9 Å². The van der Waals surface area contributed by atoms with Crippen molar-refractivity contribution in [1.82, 2.24) is 10.2 Å². The van der Waals surface area contributed by atoms with E-state index in [0.29, 0.717) is 5.56 Å². The van der Waals surface area contributed by atoms with E-state index in [-0.39, 0.29) is 24.9 Å². The molecule has 96 valence electrons. The van der Waals surface area contributed by atoms with E-state index in [1.807, 2.05) is 0 Å². The Morgan fingerprint density at radius 2 is 2.06 bits per heavy atom. The maximum atomic E-state index is 13.0. The van der Waals surface area contributed by atoms with Crippen LogP contribution in [-0.4, -0.2) is 23.4 Å². The number of benzene rings is 1. The third-order valence-corrected chi connectivity index (χ3v) is 2.82. The second-order valence-electron chi connectivity index (χ2n) is 4.32. The Morgan fingerprint density at radius 1 is 1.33 bits per heavy atom. The smallest absolute Gasteiger partial charge is 0.319 e. The average Bonchev–Trinajstić information content (AvgIpc) is 2.31. The van der Waals surface area contributed by atoms with Crippen molar-refractivity contribution in [3.63, 3.8) is 0 Å². The predicted molar refractivity (Wildman–Crippen MR) is 59.5 cm³/mol. The van der Waals surface area contributed by atoms with Crippen LogP contribution in [-0.2, 0) is 11.3 Å². The quantitative estimate of drug-likeness (QED) is 0.872. The van der Waals surface area contributed by atoms with Gasteiger partial charge in [-0.2, -0.15) is 0 Å². The highest BCUT2D eigenvalue weighted by Gasteiger charge is 2.28. The molecule has 4 nitrogen and oxygen atoms in total. The molecule has 18 heavy (non-hydrogen) atoms. The number of halogens is 2. The highest BCUT2D eigenvalue weighted by molar-refractivity contribution is 5.97. The minimum atomic E-state index is -0.950. The molecule has 1 aliphatic rings. The average molecular weight is 254 g/mol. The zero-order valence-electron chi connectivity index (χ0n) is 9.74. The molecule has 1 aromatic carbocycles. The molecule has 0 bridgehead atoms. The Bertz CT molecular complexity index is 505. The highest BCUT2D eigenvalue weighted by atomic mass is 19.2. The second-order valence-corrected chi connectivity index (χ2v) is 4.32. The van der Waals surface area contributed by atoms with Crippen LogP contribution in [0, 0.1) is 17.6 Å². The second kappa shape index (κ2) is 4.72. The molecule has 1 saturated heterocycles. The summed E-state index contributed by atoms with van der Waals surface area (Å²) in [5, 5.41) is 2.21. The number of carbonyl (C=O) groups excluding carboxylic acids is 2. The Morgan fingerprint density at radius 3 is 2.72 bits per heavy atom. The van der Waals surface area contributed by atoms with E-state index in [2.05, 4.69) is 5.32 Å². The van der Waals surface area contributed by atoms with Crippen LogP contribution in [0.25, 0.3) is 0 Å². The van der Waals surface area contributed by atoms with E-state index in [1.165, 1.54) is 11.0 Å². The third kappa shape index (κ3) is 2.47. The van der Waals surface area contributed by atoms with Crippen LogP contribution in [0.15, 0.2) is 18.2 Å². The first kappa shape index (κ1) is 12.5. The number of hydrogen-bond donors (Lipinski definition) is 1. The van der Waals surface area contributed by atoms with Crippen molar-refractivity contribution in [2.75, 3.05) is 6.54 Å². The zero-order chi connectivity index (χ0) is 13.3. The van der Waals surface area contributed by atoms with Gasteiger partial charge in [-0.25, -0.2) is 13.6 Å². The Labute approximate surface area is 103 Å². The zero-order valence-corrected chi connectivity index (χ0v) is 9.74. The van der Waals surface area contributed by atoms with Crippen molar-refractivity contribution < 1.29 is 18.4 Å². The van der Waals surface area contributed by atoms with Gasteiger partial charge in [-0.15, -0.1) is 0 Å². The van der Waals surface area contributed by atoms with Crippen molar-refractivity contribution in [2.45, 2.75) is 13.5 Å². The largest absolute Gasteiger partial charge is 0.324 e. The predicted octanol–water partition coefficient (Wildman–Crippen LogP) is 1.65. The molecule has 3 amide bonds. The number of amides is 3. The molecule has 0 aliphatic carbocycles. The lowest BCUT2D eigenvalue weighted by atomic mass is 10.1. The standard InChI is InChI=1S/C12H12F2N2O2/c1-7-5-16(12(18)15-11(7)17)6-8-2-3-9(13)10(14)4-8/h2-4,7H,5-6H2,1H3,(H,15,17,18). The first-order chi connectivity index (χ1) is 8.47. The highest BCUT2D eigenvalue weighted by Crippen LogP contribution is 2.14. The maximum Gasteiger partial charge on any atom is 0.324 e. The van der Waals surface area contributed by atoms with Crippen molar-refractivity contribution in [1.29, 1.82) is 0 Å². The minimum Gasteiger partial charge on any atom is -0.319 e. The summed E-state index contributed by atoms with van der Waals surface area (Å²) in [6.45, 7) is 2.10. The summed E-state index contributed by atoms with van der Waals surface area (Å²) in [6.07, 6.45) is 0. The van der Waals surface area contributed by atoms with E-state index < -0.39 is 17.7 Å². The summed E-state index contributed by atoms with van der Waals surface area (Å²) < 4.78 is 25.8. The lowest BCUT2D eigenvalue weighted by molar-refractivity contribution is -0.125. The molecule has 6 heteroatoms. The molecule has 0 spiro atoms. The van der Waals surface area contributed by atoms with Crippen LogP contribution in [0.3, 0.4) is 0 Å². The lowest BCUT2D eigenvalue weighted by Crippen LogP contribution is -2.53. The third-order valence-electron chi connectivity index (χ3n) is 2.82. The van der Waals surface area contributed by atoms with E-state index in [4.69, 9.17) is 0 Å². The number of nitrogens with zero attached hydrogens (tertiary/aromatic N) is 1. The molecule has 1 N–H and O–H groups in total. The van der Waals surface area contributed by atoms with Gasteiger partial charge in [0.1, 0.15) is 0 Å². The molecule has 0 radical (unpaired) electrons. The molecule has 1 heterocycles. The van der Waals surface area contributed by atoms with E-state index in [1.54, 1.807) is 6.92 Å². The van der Waals surface area contributed by atoms with Crippen molar-refractivity contribution in [3.05, 3.63) is 35.4 Å². The van der Waals surface area contributed by atoms with Crippen LogP contribution in [0.2, 0.25) is 0 Å². The molecule has 0 saturated carbocycles. The number of nitrogens with one attached hydrogen (secondary N) is 1. The summed E-state index contributed by atoms with van der Waals surface area (Å²) in [5.41, 5.74) is 0.477. The topological polar surface area (TPSA) is 49.4 Å². The van der Waals surface area contributed by atoms with E-state index in [0.717, 1.165) is 12.1 Å². The number of imide groups is 1. The molecule has 1 unspecified atom stereocenters. The van der Waals surface area contributed by atoms with Gasteiger partial charge in [0.15, 0.2) is 11.6 Å².